The van der Waals surface area contributed by atoms with Crippen molar-refractivity contribution in [1.82, 2.24) is 4.90 Å². The van der Waals surface area contributed by atoms with Gasteiger partial charge in [0.2, 0.25) is 5.96 Å². The minimum atomic E-state index is -0.470. The van der Waals surface area contributed by atoms with Crippen LogP contribution in [0.5, 0.6) is 0 Å². The van der Waals surface area contributed by atoms with E-state index in [0.717, 1.165) is 35.3 Å². The zero-order valence-electron chi connectivity index (χ0n) is 16.4. The SMILES string of the molecule is Cc1ccccc1C1=C2C(=O)N=C(N3CCOCC3)N=C2N=C2CCCC(=O)C21. The molecule has 0 N–H and O–H groups in total. The molecule has 0 aromatic heterocycles. The predicted molar refractivity (Wildman–Crippen MR) is 110 cm³/mol. The predicted octanol–water partition coefficient (Wildman–Crippen LogP) is 2.20. The van der Waals surface area contributed by atoms with Crippen LogP contribution in [0.4, 0.5) is 0 Å². The van der Waals surface area contributed by atoms with E-state index in [1.807, 2.05) is 36.1 Å². The number of carbonyl (C=O) groups excluding carboxylic acids is 2. The van der Waals surface area contributed by atoms with Crippen molar-refractivity contribution in [2.45, 2.75) is 26.2 Å². The quantitative estimate of drug-likeness (QED) is 0.736. The van der Waals surface area contributed by atoms with Crippen LogP contribution in [-0.4, -0.2) is 60.4 Å². The van der Waals surface area contributed by atoms with Gasteiger partial charge in [-0.05, 0) is 36.5 Å². The van der Waals surface area contributed by atoms with Crippen LogP contribution in [0, 0.1) is 12.8 Å². The van der Waals surface area contributed by atoms with Gasteiger partial charge in [0.25, 0.3) is 5.91 Å². The lowest BCUT2D eigenvalue weighted by atomic mass is 9.73. The van der Waals surface area contributed by atoms with Gasteiger partial charge in [0, 0.05) is 25.2 Å². The lowest BCUT2D eigenvalue weighted by Crippen LogP contribution is -2.43. The number of ketones is 1. The van der Waals surface area contributed by atoms with Crippen LogP contribution in [0.3, 0.4) is 0 Å². The van der Waals surface area contributed by atoms with E-state index in [-0.39, 0.29) is 11.7 Å². The van der Waals surface area contributed by atoms with Gasteiger partial charge in [0.1, 0.15) is 5.78 Å². The Morgan fingerprint density at radius 1 is 1.03 bits per heavy atom. The van der Waals surface area contributed by atoms with Gasteiger partial charge in [0.05, 0.1) is 24.7 Å². The Morgan fingerprint density at radius 2 is 1.83 bits per heavy atom. The Kier molecular flexibility index (Phi) is 4.47. The van der Waals surface area contributed by atoms with E-state index in [1.165, 1.54) is 0 Å². The molecule has 4 aliphatic rings. The van der Waals surface area contributed by atoms with Crippen molar-refractivity contribution in [2.75, 3.05) is 26.3 Å². The van der Waals surface area contributed by atoms with E-state index in [1.54, 1.807) is 0 Å². The molecule has 5 rings (SSSR count). The van der Waals surface area contributed by atoms with Crippen LogP contribution in [0.1, 0.15) is 30.4 Å². The maximum atomic E-state index is 13.2. The first-order chi connectivity index (χ1) is 14.1. The highest BCUT2D eigenvalue weighted by Gasteiger charge is 2.42. The number of aliphatic imine (C=N–C) groups is 3. The number of aryl methyl sites for hydroxylation is 1. The number of ether oxygens (including phenoxy) is 1. The standard InChI is InChI=1S/C22H22N4O3/c1-13-5-2-3-6-14(13)17-18-15(7-4-8-16(18)27)23-20-19(17)21(28)25-22(24-20)26-9-11-29-12-10-26/h2-3,5-6,18H,4,7-12H2,1H3. The number of hydrogen-bond donors (Lipinski definition) is 0. The molecule has 1 saturated heterocycles. The van der Waals surface area contributed by atoms with Gasteiger partial charge in [-0.25, -0.2) is 4.99 Å². The highest BCUT2D eigenvalue weighted by atomic mass is 16.5. The van der Waals surface area contributed by atoms with Crippen LogP contribution < -0.4 is 0 Å². The topological polar surface area (TPSA) is 83.7 Å². The first-order valence-electron chi connectivity index (χ1n) is 10.1. The van der Waals surface area contributed by atoms with Crippen molar-refractivity contribution in [3.05, 3.63) is 41.0 Å². The van der Waals surface area contributed by atoms with Crippen LogP contribution in [0.25, 0.3) is 5.57 Å². The van der Waals surface area contributed by atoms with E-state index in [0.29, 0.717) is 50.1 Å². The number of guanidine groups is 1. The lowest BCUT2D eigenvalue weighted by molar-refractivity contribution is -0.120. The van der Waals surface area contributed by atoms with Gasteiger partial charge in [-0.2, -0.15) is 9.98 Å². The molecule has 1 saturated carbocycles. The number of fused-ring (bicyclic) bond motifs is 2. The summed E-state index contributed by atoms with van der Waals surface area (Å²) >= 11 is 0. The lowest BCUT2D eigenvalue weighted by Gasteiger charge is -2.34. The summed E-state index contributed by atoms with van der Waals surface area (Å²) in [6.07, 6.45) is 2.04. The van der Waals surface area contributed by atoms with Gasteiger partial charge in [-0.15, -0.1) is 0 Å². The first kappa shape index (κ1) is 18.1. The van der Waals surface area contributed by atoms with Crippen molar-refractivity contribution >= 4 is 34.8 Å². The van der Waals surface area contributed by atoms with Crippen molar-refractivity contribution in [1.29, 1.82) is 0 Å². The second-order valence-corrected chi connectivity index (χ2v) is 7.71. The Balaban J connectivity index is 1.68. The molecule has 0 radical (unpaired) electrons. The van der Waals surface area contributed by atoms with Gasteiger partial charge >= 0.3 is 0 Å². The number of benzene rings is 1. The van der Waals surface area contributed by atoms with Crippen LogP contribution in [0.15, 0.2) is 44.8 Å². The number of amides is 1. The summed E-state index contributed by atoms with van der Waals surface area (Å²) in [6.45, 7) is 4.45. The monoisotopic (exact) mass is 390 g/mol. The van der Waals surface area contributed by atoms with E-state index in [2.05, 4.69) is 9.98 Å². The Labute approximate surface area is 168 Å². The summed E-state index contributed by atoms with van der Waals surface area (Å²) in [4.78, 5) is 41.7. The number of carbonyl (C=O) groups is 2. The average molecular weight is 390 g/mol. The molecule has 1 aromatic carbocycles. The largest absolute Gasteiger partial charge is 0.378 e. The molecule has 7 heteroatoms. The molecule has 1 amide bonds. The third kappa shape index (κ3) is 3.06. The summed E-state index contributed by atoms with van der Waals surface area (Å²) in [6, 6.07) is 7.85. The fourth-order valence-electron chi connectivity index (χ4n) is 4.45. The zero-order valence-corrected chi connectivity index (χ0v) is 16.4. The minimum Gasteiger partial charge on any atom is -0.378 e. The van der Waals surface area contributed by atoms with Gasteiger partial charge < -0.3 is 9.64 Å². The fourth-order valence-corrected chi connectivity index (χ4v) is 4.45. The molecular formula is C22H22N4O3. The third-order valence-electron chi connectivity index (χ3n) is 5.89. The van der Waals surface area contributed by atoms with Gasteiger partial charge in [-0.3, -0.25) is 9.59 Å². The molecule has 3 aliphatic heterocycles. The normalized spacial score (nSPS) is 24.5. The first-order valence-corrected chi connectivity index (χ1v) is 10.1. The molecule has 1 aliphatic carbocycles. The number of rotatable bonds is 1. The number of dihydropyridines is 1. The third-order valence-corrected chi connectivity index (χ3v) is 5.89. The van der Waals surface area contributed by atoms with Crippen molar-refractivity contribution in [3.8, 4) is 0 Å². The maximum absolute atomic E-state index is 13.2. The molecule has 2 fully saturated rings. The molecular weight excluding hydrogens is 368 g/mol. The highest BCUT2D eigenvalue weighted by Crippen LogP contribution is 2.40. The zero-order chi connectivity index (χ0) is 20.0. The molecule has 1 atom stereocenters. The number of morpholine rings is 1. The number of hydrogen-bond acceptors (Lipinski definition) is 6. The van der Waals surface area contributed by atoms with Crippen LogP contribution in [-0.2, 0) is 14.3 Å². The fraction of sp³-hybridized carbons (Fsp3) is 0.409. The second-order valence-electron chi connectivity index (χ2n) is 7.71. The second kappa shape index (κ2) is 7.15. The molecule has 3 heterocycles. The molecule has 0 bridgehead atoms. The van der Waals surface area contributed by atoms with Crippen molar-refractivity contribution in [3.63, 3.8) is 0 Å². The Hall–Kier alpha value is -2.93. The summed E-state index contributed by atoms with van der Waals surface area (Å²) < 4.78 is 5.39. The highest BCUT2D eigenvalue weighted by molar-refractivity contribution is 6.38. The van der Waals surface area contributed by atoms with E-state index < -0.39 is 5.92 Å². The summed E-state index contributed by atoms with van der Waals surface area (Å²) in [5.41, 5.74) is 3.84. The molecule has 1 unspecified atom stereocenters. The molecule has 148 valence electrons. The Bertz CT molecular complexity index is 1030. The van der Waals surface area contributed by atoms with Crippen LogP contribution >= 0.6 is 0 Å². The number of allylic oxidation sites excluding steroid dienone is 1. The van der Waals surface area contributed by atoms with Gasteiger partial charge in [0.15, 0.2) is 5.84 Å². The smallest absolute Gasteiger partial charge is 0.284 e. The molecule has 7 nitrogen and oxygen atoms in total. The summed E-state index contributed by atoms with van der Waals surface area (Å²) in [5, 5.41) is 0. The van der Waals surface area contributed by atoms with Crippen molar-refractivity contribution < 1.29 is 14.3 Å². The number of Topliss-reactive ketones (excluding diaryl/α,β-unsaturated/α-hetero) is 1. The number of amidine groups is 1. The van der Waals surface area contributed by atoms with Gasteiger partial charge in [-0.1, -0.05) is 24.3 Å². The molecule has 1 aromatic rings. The molecule has 29 heavy (non-hydrogen) atoms. The maximum Gasteiger partial charge on any atom is 0.284 e. The van der Waals surface area contributed by atoms with Crippen molar-refractivity contribution in [2.24, 2.45) is 20.9 Å². The van der Waals surface area contributed by atoms with E-state index in [9.17, 15) is 9.59 Å². The Morgan fingerprint density at radius 3 is 2.62 bits per heavy atom. The van der Waals surface area contributed by atoms with E-state index in [4.69, 9.17) is 9.73 Å². The number of nitrogens with zero attached hydrogens (tertiary/aromatic N) is 4. The van der Waals surface area contributed by atoms with Crippen LogP contribution in [0.2, 0.25) is 0 Å². The summed E-state index contributed by atoms with van der Waals surface area (Å²) in [7, 11) is 0. The average Bonchev–Trinajstić information content (AvgIpc) is 2.73. The minimum absolute atomic E-state index is 0.121. The molecule has 0 spiro atoms. The van der Waals surface area contributed by atoms with E-state index >= 15 is 0 Å². The summed E-state index contributed by atoms with van der Waals surface area (Å²) in [5.74, 6) is 0.0752.